The van der Waals surface area contributed by atoms with Crippen molar-refractivity contribution in [2.45, 2.75) is 26.7 Å². The molecule has 6 nitrogen and oxygen atoms in total. The summed E-state index contributed by atoms with van der Waals surface area (Å²) in [5.74, 6) is -1.12. The van der Waals surface area contributed by atoms with Crippen molar-refractivity contribution in [2.24, 2.45) is 0 Å². The normalized spacial score (nSPS) is 10.1. The van der Waals surface area contributed by atoms with E-state index in [0.717, 1.165) is 21.3 Å². The molecule has 0 aliphatic carbocycles. The van der Waals surface area contributed by atoms with Crippen molar-refractivity contribution in [1.82, 2.24) is 10.9 Å². The van der Waals surface area contributed by atoms with Gasteiger partial charge in [-0.25, -0.2) is 0 Å². The molecule has 0 aromatic heterocycles. The molecule has 0 spiro atoms. The van der Waals surface area contributed by atoms with Crippen LogP contribution in [0.1, 0.15) is 34.3 Å². The predicted molar refractivity (Wildman–Crippen MR) is 104 cm³/mol. The van der Waals surface area contributed by atoms with Gasteiger partial charge in [-0.3, -0.25) is 25.2 Å². The number of hydrazine groups is 1. The van der Waals surface area contributed by atoms with Crippen LogP contribution in [0.25, 0.3) is 0 Å². The lowest BCUT2D eigenvalue weighted by atomic mass is 10.1. The summed E-state index contributed by atoms with van der Waals surface area (Å²) in [6.07, 6.45) is -0.00924. The molecule has 2 aromatic rings. The lowest BCUT2D eigenvalue weighted by molar-refractivity contribution is -0.124. The molecule has 0 bridgehead atoms. The number of amides is 3. The fraction of sp³-hybridized carbons (Fsp3) is 0.211. The Kier molecular flexibility index (Phi) is 6.91. The maximum Gasteiger partial charge on any atom is 0.269 e. The van der Waals surface area contributed by atoms with Gasteiger partial charge >= 0.3 is 0 Å². The van der Waals surface area contributed by atoms with Gasteiger partial charge in [0, 0.05) is 28.6 Å². The molecule has 0 atom stereocenters. The van der Waals surface area contributed by atoms with E-state index in [9.17, 15) is 14.4 Å². The Labute approximate surface area is 160 Å². The molecule has 2 aromatic carbocycles. The second-order valence-corrected chi connectivity index (χ2v) is 6.79. The van der Waals surface area contributed by atoms with E-state index in [2.05, 4.69) is 32.1 Å². The molecule has 7 heteroatoms. The monoisotopic (exact) mass is 417 g/mol. The molecule has 2 rings (SSSR count). The maximum absolute atomic E-state index is 12.0. The molecule has 0 unspecified atom stereocenters. The first-order chi connectivity index (χ1) is 12.3. The Morgan fingerprint density at radius 2 is 1.54 bits per heavy atom. The van der Waals surface area contributed by atoms with Crippen LogP contribution in [-0.4, -0.2) is 17.7 Å². The molecular formula is C19H20BrN3O3. The number of benzene rings is 2. The number of nitrogens with one attached hydrogen (secondary N) is 3. The lowest BCUT2D eigenvalue weighted by Gasteiger charge is -2.10. The maximum atomic E-state index is 12.0. The minimum atomic E-state index is -0.438. The van der Waals surface area contributed by atoms with E-state index in [4.69, 9.17) is 0 Å². The van der Waals surface area contributed by atoms with Crippen molar-refractivity contribution < 1.29 is 14.4 Å². The summed E-state index contributed by atoms with van der Waals surface area (Å²) in [6.45, 7) is 3.84. The van der Waals surface area contributed by atoms with Crippen molar-refractivity contribution in [1.29, 1.82) is 0 Å². The van der Waals surface area contributed by atoms with Crippen molar-refractivity contribution in [3.05, 3.63) is 63.6 Å². The van der Waals surface area contributed by atoms with Gasteiger partial charge < -0.3 is 5.32 Å². The molecule has 3 amide bonds. The smallest absolute Gasteiger partial charge is 0.269 e. The highest BCUT2D eigenvalue weighted by molar-refractivity contribution is 9.10. The number of carbonyl (C=O) groups excluding carboxylic acids is 3. The number of carbonyl (C=O) groups is 3. The second-order valence-electron chi connectivity index (χ2n) is 5.88. The van der Waals surface area contributed by atoms with Crippen molar-refractivity contribution >= 4 is 39.3 Å². The van der Waals surface area contributed by atoms with Crippen LogP contribution in [0.2, 0.25) is 0 Å². The van der Waals surface area contributed by atoms with Gasteiger partial charge in [0.1, 0.15) is 0 Å². The first kappa shape index (κ1) is 19.7. The van der Waals surface area contributed by atoms with Crippen LogP contribution in [0.15, 0.2) is 46.9 Å². The Morgan fingerprint density at radius 3 is 2.23 bits per heavy atom. The second kappa shape index (κ2) is 9.15. The number of anilines is 1. The SMILES string of the molecule is Cc1ccc(C)c(NC(=O)CCC(=O)NNC(=O)c2ccc(Br)cc2)c1. The molecular weight excluding hydrogens is 398 g/mol. The highest BCUT2D eigenvalue weighted by atomic mass is 79.9. The average molecular weight is 418 g/mol. The number of rotatable bonds is 5. The fourth-order valence-corrected chi connectivity index (χ4v) is 2.44. The lowest BCUT2D eigenvalue weighted by Crippen LogP contribution is -2.41. The Balaban J connectivity index is 1.75. The minimum Gasteiger partial charge on any atom is -0.326 e. The Morgan fingerprint density at radius 1 is 0.885 bits per heavy atom. The number of aryl methyl sites for hydroxylation is 2. The van der Waals surface area contributed by atoms with Gasteiger partial charge in [0.25, 0.3) is 5.91 Å². The molecule has 0 radical (unpaired) electrons. The zero-order valence-corrected chi connectivity index (χ0v) is 16.1. The van der Waals surface area contributed by atoms with E-state index in [-0.39, 0.29) is 18.7 Å². The first-order valence-electron chi connectivity index (χ1n) is 8.07. The standard InChI is InChI=1S/C19H20BrN3O3/c1-12-3-4-13(2)16(11-12)21-17(24)9-10-18(25)22-23-19(26)14-5-7-15(20)8-6-14/h3-8,11H,9-10H2,1-2H3,(H,21,24)(H,22,25)(H,23,26). The molecule has 3 N–H and O–H groups in total. The van der Waals surface area contributed by atoms with Crippen LogP contribution < -0.4 is 16.2 Å². The molecule has 0 saturated heterocycles. The third-order valence-electron chi connectivity index (χ3n) is 3.67. The summed E-state index contributed by atoms with van der Waals surface area (Å²) in [5, 5.41) is 2.79. The van der Waals surface area contributed by atoms with Gasteiger partial charge in [-0.05, 0) is 55.3 Å². The van der Waals surface area contributed by atoms with Crippen LogP contribution in [0, 0.1) is 13.8 Å². The molecule has 0 aliphatic heterocycles. The van der Waals surface area contributed by atoms with Crippen LogP contribution in [0.5, 0.6) is 0 Å². The van der Waals surface area contributed by atoms with Gasteiger partial charge in [-0.15, -0.1) is 0 Å². The molecule has 136 valence electrons. The molecule has 26 heavy (non-hydrogen) atoms. The van der Waals surface area contributed by atoms with Gasteiger partial charge in [0.15, 0.2) is 0 Å². The summed E-state index contributed by atoms with van der Waals surface area (Å²) < 4.78 is 0.855. The number of halogens is 1. The number of hydrogen-bond donors (Lipinski definition) is 3. The highest BCUT2D eigenvalue weighted by Crippen LogP contribution is 2.16. The largest absolute Gasteiger partial charge is 0.326 e. The Hall–Kier alpha value is -2.67. The van der Waals surface area contributed by atoms with Gasteiger partial charge in [-0.2, -0.15) is 0 Å². The molecule has 0 heterocycles. The summed E-state index contributed by atoms with van der Waals surface area (Å²) in [5.41, 5.74) is 7.78. The topological polar surface area (TPSA) is 87.3 Å². The van der Waals surface area contributed by atoms with Crippen LogP contribution in [0.3, 0.4) is 0 Å². The molecule has 0 saturated carbocycles. The van der Waals surface area contributed by atoms with Crippen LogP contribution >= 0.6 is 15.9 Å². The van der Waals surface area contributed by atoms with E-state index >= 15 is 0 Å². The zero-order valence-electron chi connectivity index (χ0n) is 14.6. The van der Waals surface area contributed by atoms with Crippen molar-refractivity contribution in [3.8, 4) is 0 Å². The van der Waals surface area contributed by atoms with Crippen LogP contribution in [0.4, 0.5) is 5.69 Å². The van der Waals surface area contributed by atoms with E-state index in [0.29, 0.717) is 5.56 Å². The first-order valence-corrected chi connectivity index (χ1v) is 8.86. The number of hydrogen-bond acceptors (Lipinski definition) is 3. The van der Waals surface area contributed by atoms with Crippen LogP contribution in [-0.2, 0) is 9.59 Å². The quantitative estimate of drug-likeness (QED) is 0.652. The third kappa shape index (κ3) is 6.00. The summed E-state index contributed by atoms with van der Waals surface area (Å²) in [7, 11) is 0. The zero-order chi connectivity index (χ0) is 19.1. The summed E-state index contributed by atoms with van der Waals surface area (Å²) in [6, 6.07) is 12.5. The van der Waals surface area contributed by atoms with Gasteiger partial charge in [0.05, 0.1) is 0 Å². The fourth-order valence-electron chi connectivity index (χ4n) is 2.17. The van der Waals surface area contributed by atoms with E-state index < -0.39 is 11.8 Å². The summed E-state index contributed by atoms with van der Waals surface area (Å²) in [4.78, 5) is 35.7. The molecule has 0 aliphatic rings. The van der Waals surface area contributed by atoms with E-state index in [1.54, 1.807) is 24.3 Å². The van der Waals surface area contributed by atoms with E-state index in [1.165, 1.54) is 0 Å². The van der Waals surface area contributed by atoms with Gasteiger partial charge in [0.2, 0.25) is 11.8 Å². The van der Waals surface area contributed by atoms with Crippen molar-refractivity contribution in [2.75, 3.05) is 5.32 Å². The average Bonchev–Trinajstić information content (AvgIpc) is 2.61. The predicted octanol–water partition coefficient (Wildman–Crippen LogP) is 3.25. The van der Waals surface area contributed by atoms with Crippen molar-refractivity contribution in [3.63, 3.8) is 0 Å². The highest BCUT2D eigenvalue weighted by Gasteiger charge is 2.10. The third-order valence-corrected chi connectivity index (χ3v) is 4.20. The summed E-state index contributed by atoms with van der Waals surface area (Å²) >= 11 is 3.28. The van der Waals surface area contributed by atoms with E-state index in [1.807, 2.05) is 32.0 Å². The van der Waals surface area contributed by atoms with Gasteiger partial charge in [-0.1, -0.05) is 28.1 Å². The Bertz CT molecular complexity index is 819. The molecule has 0 fully saturated rings. The minimum absolute atomic E-state index is 0.0212.